The number of nitrogens with two attached hydrogens (primary N) is 1. The lowest BCUT2D eigenvalue weighted by atomic mass is 10.0. The topological polar surface area (TPSA) is 255 Å². The Kier molecular flexibility index (Phi) is 33.7. The largest absolute Gasteiger partial charge is 0.379 e. The van der Waals surface area contributed by atoms with Gasteiger partial charge in [0, 0.05) is 67.8 Å². The van der Waals surface area contributed by atoms with Crippen LogP contribution in [0.4, 0.5) is 0 Å². The Morgan fingerprint density at radius 2 is 1.23 bits per heavy atom. The molecule has 0 rings (SSSR count). The van der Waals surface area contributed by atoms with Crippen LogP contribution in [0, 0.1) is 0 Å². The van der Waals surface area contributed by atoms with E-state index in [1.54, 1.807) is 17.7 Å². The molecule has 18 nitrogen and oxygen atoms in total. The molecule has 4 unspecified atom stereocenters. The molecule has 4 atom stereocenters. The van der Waals surface area contributed by atoms with Crippen LogP contribution >= 0.6 is 46.8 Å². The van der Waals surface area contributed by atoms with Crippen LogP contribution in [0.1, 0.15) is 114 Å². The minimum Gasteiger partial charge on any atom is -0.379 e. The molecule has 0 aromatic carbocycles. The van der Waals surface area contributed by atoms with Gasteiger partial charge in [0.1, 0.15) is 12.1 Å². The summed E-state index contributed by atoms with van der Waals surface area (Å²) in [5.41, 5.74) is 4.62. The maximum absolute atomic E-state index is 13.6. The molecule has 0 aliphatic carbocycles. The van der Waals surface area contributed by atoms with Gasteiger partial charge in [-0.25, -0.2) is 0 Å². The number of hydrogen-bond donors (Lipinski definition) is 9. The monoisotopic (exact) mass is 999 g/mol. The maximum Gasteiger partial charge on any atom is 0.243 e. The third-order valence-corrected chi connectivity index (χ3v) is 13.4. The fourth-order valence-corrected chi connectivity index (χ4v) is 8.40. The lowest BCUT2D eigenvalue weighted by molar-refractivity contribution is -0.131. The second-order valence-electron chi connectivity index (χ2n) is 17.6. The summed E-state index contributed by atoms with van der Waals surface area (Å²) in [4.78, 5) is 87.4. The number of Topliss-reactive ketones (excluding diaryl/α,β-unsaturated/α-hetero) is 1. The Labute approximate surface area is 406 Å². The number of unbranched alkanes of at least 4 members (excludes halogenated alkanes) is 1. The third kappa shape index (κ3) is 33.8. The molecule has 0 heterocycles. The number of nitrogens with one attached hydrogen (secondary N) is 6. The van der Waals surface area contributed by atoms with Gasteiger partial charge in [0.2, 0.25) is 35.4 Å². The molecule has 0 radical (unpaired) electrons. The van der Waals surface area contributed by atoms with E-state index in [0.717, 1.165) is 0 Å². The highest BCUT2D eigenvalue weighted by atomic mass is 33.1. The van der Waals surface area contributed by atoms with Crippen molar-refractivity contribution in [2.75, 3.05) is 76.5 Å². The first kappa shape index (κ1) is 62.7. The predicted molar refractivity (Wildman–Crippen MR) is 265 cm³/mol. The zero-order valence-electron chi connectivity index (χ0n) is 40.2. The average molecular weight is 1000 g/mol. The fraction of sp³-hybridized carbons (Fsp3) is 0.837. The van der Waals surface area contributed by atoms with Gasteiger partial charge < -0.3 is 56.6 Å². The minimum atomic E-state index is -0.909. The van der Waals surface area contributed by atoms with Crippen LogP contribution in [0.2, 0.25) is 0 Å². The van der Waals surface area contributed by atoms with E-state index in [9.17, 15) is 33.6 Å². The van der Waals surface area contributed by atoms with E-state index in [4.69, 9.17) is 24.7 Å². The summed E-state index contributed by atoms with van der Waals surface area (Å²) in [7, 11) is 3.13. The standard InChI is InChI=1S/C43H81N7O11S4/c1-10-35(52)34(29-64-65-41(3,4)5)50-40(57)32(49-37(54)15-21-58-25-26-59-23-19-47-39(56)33(28-63)48-30(2)51)13-11-12-18-45-36(53)14-16-42(6,7)60-22-17-43(8,9)61-24-20-46-38(55)31(44)27-62/h31-34,62-63H,10-29,44H2,1-9H3,(H,45,53)(H,46,55)(H,47,56)(H,48,51)(H,49,54)(H,50,57). The number of thiol groups is 2. The number of ether oxygens (including phenoxy) is 4. The van der Waals surface area contributed by atoms with Gasteiger partial charge in [-0.15, -0.1) is 0 Å². The van der Waals surface area contributed by atoms with Crippen molar-refractivity contribution in [3.63, 3.8) is 0 Å². The Balaban J connectivity index is 4.97. The predicted octanol–water partition coefficient (Wildman–Crippen LogP) is 2.51. The summed E-state index contributed by atoms with van der Waals surface area (Å²) in [6, 6.07) is -3.02. The SMILES string of the molecule is CCC(=O)C(CSSC(C)(C)C)NC(=O)C(CCCCNC(=O)CCC(C)(C)OCCC(C)(C)OCCNC(=O)C(N)CS)NC(=O)CCOCCOCCNC(=O)C(CS)NC(C)=O. The molecule has 0 fully saturated rings. The van der Waals surface area contributed by atoms with Gasteiger partial charge in [-0.1, -0.05) is 49.3 Å². The normalized spacial score (nSPS) is 13.8. The Hall–Kier alpha value is -2.31. The first-order valence-electron chi connectivity index (χ1n) is 22.4. The molecular weight excluding hydrogens is 919 g/mol. The van der Waals surface area contributed by atoms with Crippen LogP contribution in [0.5, 0.6) is 0 Å². The van der Waals surface area contributed by atoms with Gasteiger partial charge in [-0.05, 0) is 59.8 Å². The summed E-state index contributed by atoms with van der Waals surface area (Å²) < 4.78 is 23.0. The molecule has 22 heteroatoms. The smallest absolute Gasteiger partial charge is 0.243 e. The van der Waals surface area contributed by atoms with Crippen molar-refractivity contribution in [2.24, 2.45) is 5.73 Å². The lowest BCUT2D eigenvalue weighted by Gasteiger charge is -2.30. The van der Waals surface area contributed by atoms with Crippen LogP contribution in [0.3, 0.4) is 0 Å². The second-order valence-corrected chi connectivity index (χ2v) is 21.5. The molecule has 8 N–H and O–H groups in total. The minimum absolute atomic E-state index is 0.0147. The van der Waals surface area contributed by atoms with E-state index in [0.29, 0.717) is 57.7 Å². The van der Waals surface area contributed by atoms with Crippen molar-refractivity contribution in [3.05, 3.63) is 0 Å². The first-order valence-corrected chi connectivity index (χ1v) is 26.0. The number of carbonyl (C=O) groups excluding carboxylic acids is 7. The zero-order chi connectivity index (χ0) is 49.5. The van der Waals surface area contributed by atoms with E-state index in [2.05, 4.69) is 77.9 Å². The first-order chi connectivity index (χ1) is 30.5. The van der Waals surface area contributed by atoms with E-state index >= 15 is 0 Å². The average Bonchev–Trinajstić information content (AvgIpc) is 3.23. The fourth-order valence-electron chi connectivity index (χ4n) is 5.48. The van der Waals surface area contributed by atoms with Gasteiger partial charge in [0.25, 0.3) is 0 Å². The maximum atomic E-state index is 13.6. The van der Waals surface area contributed by atoms with E-state index in [1.165, 1.54) is 17.7 Å². The van der Waals surface area contributed by atoms with Gasteiger partial charge >= 0.3 is 0 Å². The van der Waals surface area contributed by atoms with Crippen LogP contribution < -0.4 is 37.6 Å². The summed E-state index contributed by atoms with van der Waals surface area (Å²) in [5.74, 6) is -1.25. The summed E-state index contributed by atoms with van der Waals surface area (Å²) in [6.07, 6.45) is 2.94. The van der Waals surface area contributed by atoms with Crippen LogP contribution in [0.15, 0.2) is 0 Å². The molecule has 0 aromatic heterocycles. The van der Waals surface area contributed by atoms with Crippen LogP contribution in [0.25, 0.3) is 0 Å². The Morgan fingerprint density at radius 3 is 1.85 bits per heavy atom. The van der Waals surface area contributed by atoms with Crippen molar-refractivity contribution in [2.45, 2.75) is 154 Å². The van der Waals surface area contributed by atoms with E-state index in [-0.39, 0.29) is 104 Å². The second kappa shape index (κ2) is 34.9. The molecule has 0 saturated heterocycles. The molecular formula is C43H81N7O11S4. The van der Waals surface area contributed by atoms with Gasteiger partial charge in [0.05, 0.1) is 62.9 Å². The van der Waals surface area contributed by atoms with Crippen molar-refractivity contribution < 1.29 is 52.5 Å². The highest BCUT2D eigenvalue weighted by molar-refractivity contribution is 8.77. The third-order valence-electron chi connectivity index (χ3n) is 9.34. The summed E-state index contributed by atoms with van der Waals surface area (Å²) in [6.45, 7) is 19.4. The van der Waals surface area contributed by atoms with Gasteiger partial charge in [0.15, 0.2) is 5.78 Å². The number of rotatable bonds is 38. The molecule has 65 heavy (non-hydrogen) atoms. The Morgan fingerprint density at radius 1 is 0.615 bits per heavy atom. The molecule has 6 amide bonds. The molecule has 0 bridgehead atoms. The highest BCUT2D eigenvalue weighted by Gasteiger charge is 2.28. The molecule has 0 aromatic rings. The Bertz CT molecular complexity index is 1440. The van der Waals surface area contributed by atoms with Crippen molar-refractivity contribution in [3.8, 4) is 0 Å². The zero-order valence-corrected chi connectivity index (χ0v) is 43.7. The lowest BCUT2D eigenvalue weighted by Crippen LogP contribution is -2.52. The van der Waals surface area contributed by atoms with E-state index in [1.807, 2.05) is 27.7 Å². The van der Waals surface area contributed by atoms with Crippen molar-refractivity contribution >= 4 is 88.1 Å². The van der Waals surface area contributed by atoms with E-state index < -0.39 is 47.2 Å². The van der Waals surface area contributed by atoms with Crippen LogP contribution in [-0.2, 0) is 52.5 Å². The molecule has 0 saturated carbocycles. The number of ketones is 1. The molecule has 0 aliphatic rings. The number of carbonyl (C=O) groups is 7. The van der Waals surface area contributed by atoms with Crippen molar-refractivity contribution in [1.82, 2.24) is 31.9 Å². The van der Waals surface area contributed by atoms with Gasteiger partial charge in [-0.2, -0.15) is 25.3 Å². The quantitative estimate of drug-likeness (QED) is 0.0245. The number of hydrogen-bond acceptors (Lipinski definition) is 16. The molecule has 0 aliphatic heterocycles. The van der Waals surface area contributed by atoms with Gasteiger partial charge in [-0.3, -0.25) is 33.6 Å². The van der Waals surface area contributed by atoms with Crippen LogP contribution in [-0.4, -0.2) is 158 Å². The highest BCUT2D eigenvalue weighted by Crippen LogP contribution is 2.35. The number of amides is 6. The molecule has 378 valence electrons. The summed E-state index contributed by atoms with van der Waals surface area (Å²) >= 11 is 8.11. The summed E-state index contributed by atoms with van der Waals surface area (Å²) in [5, 5.41) is 16.5. The van der Waals surface area contributed by atoms with Crippen molar-refractivity contribution in [1.29, 1.82) is 0 Å². The molecule has 0 spiro atoms.